The molecule has 0 atom stereocenters. The number of carbonyl (C=O) groups is 1. The Labute approximate surface area is 346 Å². The van der Waals surface area contributed by atoms with Crippen molar-refractivity contribution in [1.82, 2.24) is 4.90 Å². The number of rotatable bonds is 47. The molecular formula is C50H103NO4. The van der Waals surface area contributed by atoms with Crippen LogP contribution in [0.2, 0.25) is 0 Å². The second kappa shape index (κ2) is 53.4. The highest BCUT2D eigenvalue weighted by atomic mass is 16.4. The summed E-state index contributed by atoms with van der Waals surface area (Å²) in [6, 6.07) is 0. The van der Waals surface area contributed by atoms with Gasteiger partial charge in [0.1, 0.15) is 0 Å². The average molecular weight is 782 g/mol. The second-order valence-electron chi connectivity index (χ2n) is 17.2. The number of hydrogen-bond donors (Lipinski definition) is 3. The van der Waals surface area contributed by atoms with Crippen LogP contribution in [-0.2, 0) is 4.79 Å². The molecule has 0 aromatic heterocycles. The highest BCUT2D eigenvalue weighted by Gasteiger charge is 2.03. The average Bonchev–Trinajstić information content (AvgIpc) is 3.18. The van der Waals surface area contributed by atoms with Crippen molar-refractivity contribution in [3.63, 3.8) is 0 Å². The molecule has 0 saturated heterocycles. The van der Waals surface area contributed by atoms with E-state index in [9.17, 15) is 4.79 Å². The van der Waals surface area contributed by atoms with Crippen LogP contribution in [0.15, 0.2) is 0 Å². The van der Waals surface area contributed by atoms with Gasteiger partial charge in [0.2, 0.25) is 0 Å². The molecule has 0 bridgehead atoms. The van der Waals surface area contributed by atoms with E-state index in [-0.39, 0.29) is 13.2 Å². The number of aliphatic hydroxyl groups excluding tert-OH is 2. The molecule has 0 aliphatic heterocycles. The molecule has 0 heterocycles. The number of unbranched alkanes of at least 4 members (excludes halogenated alkanes) is 39. The lowest BCUT2D eigenvalue weighted by molar-refractivity contribution is -0.137. The monoisotopic (exact) mass is 782 g/mol. The van der Waals surface area contributed by atoms with Gasteiger partial charge >= 0.3 is 5.97 Å². The van der Waals surface area contributed by atoms with Gasteiger partial charge in [0.15, 0.2) is 0 Å². The van der Waals surface area contributed by atoms with E-state index in [1.54, 1.807) is 0 Å². The lowest BCUT2D eigenvalue weighted by atomic mass is 10.0. The summed E-state index contributed by atoms with van der Waals surface area (Å²) in [6.07, 6.45) is 57.3. The zero-order valence-corrected chi connectivity index (χ0v) is 37.9. The number of hydrogen-bond acceptors (Lipinski definition) is 4. The van der Waals surface area contributed by atoms with Crippen molar-refractivity contribution in [1.29, 1.82) is 0 Å². The van der Waals surface area contributed by atoms with Gasteiger partial charge in [-0.05, 0) is 19.4 Å². The van der Waals surface area contributed by atoms with Crippen LogP contribution in [0.4, 0.5) is 0 Å². The van der Waals surface area contributed by atoms with E-state index in [1.807, 2.05) is 0 Å². The Morgan fingerprint density at radius 3 is 0.709 bits per heavy atom. The second-order valence-corrected chi connectivity index (χ2v) is 17.2. The minimum Gasteiger partial charge on any atom is -0.481 e. The predicted octanol–water partition coefficient (Wildman–Crippen LogP) is 15.8. The topological polar surface area (TPSA) is 81.0 Å². The third kappa shape index (κ3) is 55.5. The van der Waals surface area contributed by atoms with E-state index < -0.39 is 5.97 Å². The van der Waals surface area contributed by atoms with Crippen molar-refractivity contribution >= 4 is 5.97 Å². The Kier molecular flexibility index (Phi) is 54.8. The SMILES string of the molecule is CCCCCCCCCCCCCCCCCCCCCCCC(=O)O.CCCCCCCCCCCCCCCCCCCCCCN(CCO)CCO. The van der Waals surface area contributed by atoms with Crippen LogP contribution in [-0.4, -0.2) is 59.0 Å². The predicted molar refractivity (Wildman–Crippen MR) is 244 cm³/mol. The quantitative estimate of drug-likeness (QED) is 0.0536. The first-order chi connectivity index (χ1) is 27.1. The largest absolute Gasteiger partial charge is 0.481 e. The van der Waals surface area contributed by atoms with Crippen LogP contribution in [0.5, 0.6) is 0 Å². The normalized spacial score (nSPS) is 11.4. The van der Waals surface area contributed by atoms with E-state index >= 15 is 0 Å². The van der Waals surface area contributed by atoms with Gasteiger partial charge < -0.3 is 15.3 Å². The van der Waals surface area contributed by atoms with Gasteiger partial charge in [0, 0.05) is 19.5 Å². The van der Waals surface area contributed by atoms with Crippen molar-refractivity contribution in [2.45, 2.75) is 284 Å². The molecule has 0 spiro atoms. The van der Waals surface area contributed by atoms with Crippen LogP contribution in [0.3, 0.4) is 0 Å². The first kappa shape index (κ1) is 56.4. The molecule has 55 heavy (non-hydrogen) atoms. The van der Waals surface area contributed by atoms with Crippen LogP contribution < -0.4 is 0 Å². The molecule has 0 aromatic carbocycles. The Bertz CT molecular complexity index is 668. The minimum atomic E-state index is -0.650. The van der Waals surface area contributed by atoms with Crippen LogP contribution in [0, 0.1) is 0 Å². The molecule has 0 rings (SSSR count). The summed E-state index contributed by atoms with van der Waals surface area (Å²) < 4.78 is 0. The molecule has 0 radical (unpaired) electrons. The summed E-state index contributed by atoms with van der Waals surface area (Å²) in [5.41, 5.74) is 0. The minimum absolute atomic E-state index is 0.194. The molecule has 3 N–H and O–H groups in total. The number of carboxylic acids is 1. The summed E-state index contributed by atoms with van der Waals surface area (Å²) in [7, 11) is 0. The molecular weight excluding hydrogens is 679 g/mol. The van der Waals surface area contributed by atoms with E-state index in [1.165, 1.54) is 250 Å². The summed E-state index contributed by atoms with van der Waals surface area (Å²) in [6.45, 7) is 7.37. The van der Waals surface area contributed by atoms with Crippen LogP contribution in [0.25, 0.3) is 0 Å². The third-order valence-electron chi connectivity index (χ3n) is 11.7. The van der Waals surface area contributed by atoms with Gasteiger partial charge in [0.05, 0.1) is 13.2 Å². The summed E-state index contributed by atoms with van der Waals surface area (Å²) in [4.78, 5) is 12.6. The van der Waals surface area contributed by atoms with Crippen molar-refractivity contribution in [3.05, 3.63) is 0 Å². The molecule has 332 valence electrons. The fraction of sp³-hybridized carbons (Fsp3) is 0.980. The zero-order valence-electron chi connectivity index (χ0n) is 37.9. The molecule has 0 saturated carbocycles. The van der Waals surface area contributed by atoms with Gasteiger partial charge in [-0.15, -0.1) is 0 Å². The number of nitrogens with zero attached hydrogens (tertiary/aromatic N) is 1. The molecule has 5 heteroatoms. The van der Waals surface area contributed by atoms with Gasteiger partial charge in [-0.3, -0.25) is 9.69 Å². The maximum absolute atomic E-state index is 10.4. The molecule has 0 aliphatic rings. The lowest BCUT2D eigenvalue weighted by Crippen LogP contribution is -2.30. The molecule has 5 nitrogen and oxygen atoms in total. The Balaban J connectivity index is 0. The number of carboxylic acid groups (broad SMARTS) is 1. The molecule has 0 fully saturated rings. The van der Waals surface area contributed by atoms with E-state index in [4.69, 9.17) is 15.3 Å². The van der Waals surface area contributed by atoms with Gasteiger partial charge in [-0.1, -0.05) is 264 Å². The zero-order chi connectivity index (χ0) is 40.4. The van der Waals surface area contributed by atoms with Gasteiger partial charge in [-0.2, -0.15) is 0 Å². The number of aliphatic carboxylic acids is 1. The van der Waals surface area contributed by atoms with Crippen LogP contribution >= 0.6 is 0 Å². The van der Waals surface area contributed by atoms with Crippen molar-refractivity contribution in [2.75, 3.05) is 32.8 Å². The smallest absolute Gasteiger partial charge is 0.303 e. The Hall–Kier alpha value is -0.650. The Morgan fingerprint density at radius 1 is 0.309 bits per heavy atom. The molecule has 0 aromatic rings. The first-order valence-corrected chi connectivity index (χ1v) is 25.3. The van der Waals surface area contributed by atoms with Gasteiger partial charge in [0.25, 0.3) is 0 Å². The lowest BCUT2D eigenvalue weighted by Gasteiger charge is -2.19. The molecule has 0 aliphatic carbocycles. The first-order valence-electron chi connectivity index (χ1n) is 25.3. The fourth-order valence-corrected chi connectivity index (χ4v) is 7.92. The van der Waals surface area contributed by atoms with Crippen molar-refractivity contribution in [2.24, 2.45) is 0 Å². The maximum atomic E-state index is 10.4. The van der Waals surface area contributed by atoms with Crippen molar-refractivity contribution in [3.8, 4) is 0 Å². The molecule has 0 unspecified atom stereocenters. The van der Waals surface area contributed by atoms with Crippen molar-refractivity contribution < 1.29 is 20.1 Å². The standard InChI is InChI=1S/C26H55NO2.C24H48O2/c1-2-3-4-5-6-7-8-9-10-11-12-13-14-15-16-17-18-19-20-21-22-27(23-25-28)24-26-29;1-2-3-4-5-6-7-8-9-10-11-12-13-14-15-16-17-18-19-20-21-22-23-24(25)26/h28-29H,2-26H2,1H3;2-23H2,1H3,(H,25,26). The molecule has 0 amide bonds. The highest BCUT2D eigenvalue weighted by molar-refractivity contribution is 5.66. The maximum Gasteiger partial charge on any atom is 0.303 e. The summed E-state index contributed by atoms with van der Waals surface area (Å²) >= 11 is 0. The van der Waals surface area contributed by atoms with Gasteiger partial charge in [-0.25, -0.2) is 0 Å². The summed E-state index contributed by atoms with van der Waals surface area (Å²) in [5, 5.41) is 26.6. The highest BCUT2D eigenvalue weighted by Crippen LogP contribution is 2.17. The van der Waals surface area contributed by atoms with Crippen LogP contribution in [0.1, 0.15) is 284 Å². The van der Waals surface area contributed by atoms with E-state index in [2.05, 4.69) is 18.7 Å². The Morgan fingerprint density at radius 2 is 0.509 bits per heavy atom. The third-order valence-corrected chi connectivity index (χ3v) is 11.7. The van der Waals surface area contributed by atoms with E-state index in [0.29, 0.717) is 19.5 Å². The van der Waals surface area contributed by atoms with E-state index in [0.717, 1.165) is 19.4 Å². The number of aliphatic hydroxyl groups is 2. The fourth-order valence-electron chi connectivity index (χ4n) is 7.92. The summed E-state index contributed by atoms with van der Waals surface area (Å²) in [5.74, 6) is -0.650.